The van der Waals surface area contributed by atoms with Crippen LogP contribution in [0.2, 0.25) is 0 Å². The van der Waals surface area contributed by atoms with Crippen LogP contribution in [0.25, 0.3) is 0 Å². The first kappa shape index (κ1) is 10.9. The summed E-state index contributed by atoms with van der Waals surface area (Å²) < 4.78 is 0. The molecule has 0 spiro atoms. The molecular formula is C9H17NO2S. The fraction of sp³-hybridized carbons (Fsp3) is 0.889. The Morgan fingerprint density at radius 2 is 2.31 bits per heavy atom. The van der Waals surface area contributed by atoms with E-state index in [1.54, 1.807) is 0 Å². The number of carboxylic acid groups (broad SMARTS) is 1. The Kier molecular flexibility index (Phi) is 4.06. The summed E-state index contributed by atoms with van der Waals surface area (Å²) in [6, 6.07) is 0. The van der Waals surface area contributed by atoms with Crippen molar-refractivity contribution in [1.29, 1.82) is 0 Å². The van der Waals surface area contributed by atoms with Gasteiger partial charge >= 0.3 is 5.97 Å². The molecule has 0 atom stereocenters. The van der Waals surface area contributed by atoms with Gasteiger partial charge in [0.15, 0.2) is 0 Å². The number of hydrogen-bond donors (Lipinski definition) is 2. The van der Waals surface area contributed by atoms with Crippen molar-refractivity contribution in [2.75, 3.05) is 18.1 Å². The smallest absolute Gasteiger partial charge is 0.323 e. The lowest BCUT2D eigenvalue weighted by atomic mass is 9.77. The van der Waals surface area contributed by atoms with Gasteiger partial charge in [-0.1, -0.05) is 6.92 Å². The predicted octanol–water partition coefficient (Wildman–Crippen LogP) is 1.34. The molecule has 1 rings (SSSR count). The highest BCUT2D eigenvalue weighted by Gasteiger charge is 2.43. The van der Waals surface area contributed by atoms with Gasteiger partial charge in [-0.05, 0) is 25.0 Å². The minimum Gasteiger partial charge on any atom is -0.480 e. The van der Waals surface area contributed by atoms with Crippen molar-refractivity contribution in [1.82, 2.24) is 5.32 Å². The maximum Gasteiger partial charge on any atom is 0.323 e. The van der Waals surface area contributed by atoms with Crippen molar-refractivity contribution in [3.05, 3.63) is 0 Å². The summed E-state index contributed by atoms with van der Waals surface area (Å²) in [5.74, 6) is 1.42. The first-order valence-corrected chi connectivity index (χ1v) is 5.93. The van der Waals surface area contributed by atoms with Gasteiger partial charge in [0, 0.05) is 12.3 Å². The van der Waals surface area contributed by atoms with Crippen LogP contribution in [0.15, 0.2) is 0 Å². The summed E-state index contributed by atoms with van der Waals surface area (Å²) in [4.78, 5) is 10.9. The Morgan fingerprint density at radius 3 is 2.69 bits per heavy atom. The molecule has 2 N–H and O–H groups in total. The number of hydrogen-bond acceptors (Lipinski definition) is 3. The van der Waals surface area contributed by atoms with Gasteiger partial charge in [0.05, 0.1) is 0 Å². The highest BCUT2D eigenvalue weighted by Crippen LogP contribution is 2.31. The molecule has 13 heavy (non-hydrogen) atoms. The van der Waals surface area contributed by atoms with Gasteiger partial charge in [0.25, 0.3) is 0 Å². The van der Waals surface area contributed by atoms with Gasteiger partial charge in [0.1, 0.15) is 5.54 Å². The lowest BCUT2D eigenvalue weighted by Gasteiger charge is -2.38. The van der Waals surface area contributed by atoms with E-state index in [9.17, 15) is 4.79 Å². The van der Waals surface area contributed by atoms with Crippen LogP contribution in [0.4, 0.5) is 0 Å². The standard InChI is InChI=1S/C9H17NO2S/c1-2-13-7-6-10-9(8(11)12)4-3-5-9/h10H,2-7H2,1H3,(H,11,12). The molecule has 0 unspecified atom stereocenters. The third-order valence-corrected chi connectivity index (χ3v) is 3.43. The van der Waals surface area contributed by atoms with Crippen molar-refractivity contribution in [2.45, 2.75) is 31.7 Å². The monoisotopic (exact) mass is 203 g/mol. The molecule has 0 heterocycles. The average Bonchev–Trinajstić information content (AvgIpc) is 2.01. The summed E-state index contributed by atoms with van der Waals surface area (Å²) >= 11 is 1.84. The molecule has 0 saturated heterocycles. The summed E-state index contributed by atoms with van der Waals surface area (Å²) in [6.45, 7) is 2.92. The summed E-state index contributed by atoms with van der Waals surface area (Å²) in [7, 11) is 0. The third kappa shape index (κ3) is 2.61. The minimum atomic E-state index is -0.680. The van der Waals surface area contributed by atoms with E-state index in [1.807, 2.05) is 11.8 Å². The molecule has 0 aromatic carbocycles. The van der Waals surface area contributed by atoms with Crippen LogP contribution in [0, 0.1) is 0 Å². The second kappa shape index (κ2) is 4.86. The molecule has 1 saturated carbocycles. The van der Waals surface area contributed by atoms with E-state index in [0.717, 1.165) is 37.3 Å². The van der Waals surface area contributed by atoms with E-state index in [1.165, 1.54) is 0 Å². The SMILES string of the molecule is CCSCCNC1(C(=O)O)CCC1. The first-order chi connectivity index (χ1) is 6.21. The quantitative estimate of drug-likeness (QED) is 0.640. The van der Waals surface area contributed by atoms with E-state index in [-0.39, 0.29) is 0 Å². The minimum absolute atomic E-state index is 0.575. The zero-order valence-corrected chi connectivity index (χ0v) is 8.82. The van der Waals surface area contributed by atoms with Crippen molar-refractivity contribution in [3.8, 4) is 0 Å². The summed E-state index contributed by atoms with van der Waals surface area (Å²) in [6.07, 6.45) is 2.62. The Morgan fingerprint density at radius 1 is 1.62 bits per heavy atom. The normalized spacial score (nSPS) is 19.5. The summed E-state index contributed by atoms with van der Waals surface area (Å²) in [5, 5.41) is 12.1. The van der Waals surface area contributed by atoms with Gasteiger partial charge in [-0.3, -0.25) is 4.79 Å². The molecule has 76 valence electrons. The van der Waals surface area contributed by atoms with Crippen molar-refractivity contribution >= 4 is 17.7 Å². The first-order valence-electron chi connectivity index (χ1n) is 4.77. The Balaban J connectivity index is 2.21. The van der Waals surface area contributed by atoms with Crippen LogP contribution in [0.1, 0.15) is 26.2 Å². The second-order valence-electron chi connectivity index (χ2n) is 3.36. The highest BCUT2D eigenvalue weighted by molar-refractivity contribution is 7.99. The van der Waals surface area contributed by atoms with Crippen LogP contribution in [-0.2, 0) is 4.79 Å². The molecule has 0 aromatic heterocycles. The fourth-order valence-electron chi connectivity index (χ4n) is 1.50. The predicted molar refractivity (Wildman–Crippen MR) is 55.2 cm³/mol. The van der Waals surface area contributed by atoms with Crippen LogP contribution < -0.4 is 5.32 Å². The van der Waals surface area contributed by atoms with Gasteiger partial charge < -0.3 is 10.4 Å². The van der Waals surface area contributed by atoms with E-state index in [0.29, 0.717) is 0 Å². The average molecular weight is 203 g/mol. The molecule has 1 aliphatic carbocycles. The van der Waals surface area contributed by atoms with E-state index < -0.39 is 11.5 Å². The molecule has 0 aliphatic heterocycles. The molecular weight excluding hydrogens is 186 g/mol. The van der Waals surface area contributed by atoms with Crippen LogP contribution in [0.5, 0.6) is 0 Å². The second-order valence-corrected chi connectivity index (χ2v) is 4.76. The number of nitrogens with one attached hydrogen (secondary N) is 1. The number of rotatable bonds is 6. The third-order valence-electron chi connectivity index (χ3n) is 2.53. The zero-order valence-electron chi connectivity index (χ0n) is 8.01. The van der Waals surface area contributed by atoms with Crippen molar-refractivity contribution in [2.24, 2.45) is 0 Å². The number of aliphatic carboxylic acids is 1. The number of thioether (sulfide) groups is 1. The maximum atomic E-state index is 10.9. The summed E-state index contributed by atoms with van der Waals surface area (Å²) in [5.41, 5.74) is -0.575. The number of carboxylic acids is 1. The Bertz CT molecular complexity index is 180. The van der Waals surface area contributed by atoms with E-state index >= 15 is 0 Å². The number of carbonyl (C=O) groups is 1. The van der Waals surface area contributed by atoms with Gasteiger partial charge in [-0.2, -0.15) is 11.8 Å². The molecule has 0 aromatic rings. The van der Waals surface area contributed by atoms with Crippen LogP contribution in [0.3, 0.4) is 0 Å². The van der Waals surface area contributed by atoms with Gasteiger partial charge in [0.2, 0.25) is 0 Å². The molecule has 1 aliphatic rings. The van der Waals surface area contributed by atoms with E-state index in [4.69, 9.17) is 5.11 Å². The van der Waals surface area contributed by atoms with Crippen LogP contribution >= 0.6 is 11.8 Å². The fourth-order valence-corrected chi connectivity index (χ4v) is 2.04. The molecule has 0 amide bonds. The zero-order chi connectivity index (χ0) is 9.73. The largest absolute Gasteiger partial charge is 0.480 e. The lowest BCUT2D eigenvalue weighted by Crippen LogP contribution is -2.57. The van der Waals surface area contributed by atoms with Crippen LogP contribution in [-0.4, -0.2) is 34.7 Å². The molecule has 4 heteroatoms. The van der Waals surface area contributed by atoms with Crippen molar-refractivity contribution < 1.29 is 9.90 Å². The Hall–Kier alpha value is -0.220. The topological polar surface area (TPSA) is 49.3 Å². The highest BCUT2D eigenvalue weighted by atomic mass is 32.2. The van der Waals surface area contributed by atoms with Crippen molar-refractivity contribution in [3.63, 3.8) is 0 Å². The molecule has 0 bridgehead atoms. The van der Waals surface area contributed by atoms with E-state index in [2.05, 4.69) is 12.2 Å². The lowest BCUT2D eigenvalue weighted by molar-refractivity contribution is -0.148. The molecule has 0 radical (unpaired) electrons. The molecule has 3 nitrogen and oxygen atoms in total. The van der Waals surface area contributed by atoms with Gasteiger partial charge in [-0.15, -0.1) is 0 Å². The van der Waals surface area contributed by atoms with Gasteiger partial charge in [-0.25, -0.2) is 0 Å². The Labute approximate surface area is 83.3 Å². The molecule has 1 fully saturated rings. The maximum absolute atomic E-state index is 10.9.